The number of nitrogens with zero attached hydrogens (tertiary/aromatic N) is 2. The van der Waals surface area contributed by atoms with Crippen LogP contribution in [0.5, 0.6) is 0 Å². The fourth-order valence-corrected chi connectivity index (χ4v) is 2.29. The highest BCUT2D eigenvalue weighted by molar-refractivity contribution is 5.79. The number of ether oxygens (including phenoxy) is 2. The zero-order valence-corrected chi connectivity index (χ0v) is 15.0. The van der Waals surface area contributed by atoms with Crippen molar-refractivity contribution in [1.82, 2.24) is 10.2 Å². The lowest BCUT2D eigenvalue weighted by Gasteiger charge is -2.22. The number of likely N-dealkylation sites (N-methyl/N-ethyl adjacent to an activating group) is 1. The minimum atomic E-state index is 0.621. The summed E-state index contributed by atoms with van der Waals surface area (Å²) in [5.41, 5.74) is 1.19. The van der Waals surface area contributed by atoms with E-state index in [0.717, 1.165) is 38.2 Å². The van der Waals surface area contributed by atoms with Gasteiger partial charge in [-0.3, -0.25) is 4.99 Å². The first kappa shape index (κ1) is 18.7. The van der Waals surface area contributed by atoms with Crippen LogP contribution in [0.1, 0.15) is 25.3 Å². The molecule has 5 nitrogen and oxygen atoms in total. The van der Waals surface area contributed by atoms with Gasteiger partial charge in [-0.15, -0.1) is 0 Å². The second kappa shape index (κ2) is 11.0. The van der Waals surface area contributed by atoms with Crippen LogP contribution in [-0.4, -0.2) is 57.4 Å². The van der Waals surface area contributed by atoms with Gasteiger partial charge in [-0.2, -0.15) is 0 Å². The molecule has 1 aromatic rings. The third-order valence-electron chi connectivity index (χ3n) is 3.93. The Bertz CT molecular complexity index is 475. The first-order chi connectivity index (χ1) is 11.8. The average Bonchev–Trinajstić information content (AvgIpc) is 3.42. The van der Waals surface area contributed by atoms with Gasteiger partial charge in [0.1, 0.15) is 0 Å². The topological polar surface area (TPSA) is 46.1 Å². The van der Waals surface area contributed by atoms with Crippen molar-refractivity contribution < 1.29 is 9.47 Å². The van der Waals surface area contributed by atoms with E-state index in [4.69, 9.17) is 9.47 Å². The van der Waals surface area contributed by atoms with Gasteiger partial charge >= 0.3 is 0 Å². The van der Waals surface area contributed by atoms with Crippen LogP contribution in [0.4, 0.5) is 0 Å². The Morgan fingerprint density at radius 3 is 2.71 bits per heavy atom. The molecule has 0 aliphatic heterocycles. The highest BCUT2D eigenvalue weighted by Crippen LogP contribution is 2.28. The minimum absolute atomic E-state index is 0.621. The van der Waals surface area contributed by atoms with Gasteiger partial charge in [-0.05, 0) is 31.2 Å². The number of hydrogen-bond donors (Lipinski definition) is 1. The standard InChI is InChI=1S/C19H31N3O2/c1-3-20-19(22(2)12-14-24-16-18-9-10-18)21-11-13-23-15-17-7-5-4-6-8-17/h4-8,18H,3,9-16H2,1-2H3,(H,20,21). The van der Waals surface area contributed by atoms with E-state index in [1.807, 2.05) is 25.2 Å². The summed E-state index contributed by atoms with van der Waals surface area (Å²) in [5, 5.41) is 3.32. The molecule has 1 aliphatic carbocycles. The molecule has 134 valence electrons. The van der Waals surface area contributed by atoms with Crippen LogP contribution in [-0.2, 0) is 16.1 Å². The van der Waals surface area contributed by atoms with Crippen LogP contribution in [0, 0.1) is 5.92 Å². The predicted octanol–water partition coefficient (Wildman–Crippen LogP) is 2.53. The molecule has 0 unspecified atom stereocenters. The summed E-state index contributed by atoms with van der Waals surface area (Å²) in [4.78, 5) is 6.74. The molecule has 0 heterocycles. The van der Waals surface area contributed by atoms with Crippen LogP contribution in [0.2, 0.25) is 0 Å². The summed E-state index contributed by atoms with van der Waals surface area (Å²) in [6.07, 6.45) is 2.67. The zero-order chi connectivity index (χ0) is 17.0. The Hall–Kier alpha value is -1.59. The molecule has 0 radical (unpaired) electrons. The molecule has 0 spiro atoms. The first-order valence-corrected chi connectivity index (χ1v) is 8.98. The summed E-state index contributed by atoms with van der Waals surface area (Å²) in [7, 11) is 2.05. The summed E-state index contributed by atoms with van der Waals surface area (Å²) in [6, 6.07) is 10.2. The van der Waals surface area contributed by atoms with E-state index in [-0.39, 0.29) is 0 Å². The van der Waals surface area contributed by atoms with Gasteiger partial charge in [0.25, 0.3) is 0 Å². The van der Waals surface area contributed by atoms with Crippen LogP contribution in [0.15, 0.2) is 35.3 Å². The molecule has 0 bridgehead atoms. The molecule has 1 fully saturated rings. The molecule has 1 aromatic carbocycles. The molecule has 0 amide bonds. The first-order valence-electron chi connectivity index (χ1n) is 8.98. The molecule has 0 saturated heterocycles. The number of rotatable bonds is 11. The number of aliphatic imine (C=N–C) groups is 1. The summed E-state index contributed by atoms with van der Waals surface area (Å²) < 4.78 is 11.4. The van der Waals surface area contributed by atoms with E-state index >= 15 is 0 Å². The summed E-state index contributed by atoms with van der Waals surface area (Å²) in [5.74, 6) is 1.73. The Labute approximate surface area is 146 Å². The largest absolute Gasteiger partial charge is 0.379 e. The van der Waals surface area contributed by atoms with Crippen molar-refractivity contribution in [3.05, 3.63) is 35.9 Å². The van der Waals surface area contributed by atoms with E-state index in [2.05, 4.69) is 34.3 Å². The highest BCUT2D eigenvalue weighted by Gasteiger charge is 2.21. The van der Waals surface area contributed by atoms with Crippen molar-refractivity contribution in [1.29, 1.82) is 0 Å². The van der Waals surface area contributed by atoms with Gasteiger partial charge in [0.2, 0.25) is 0 Å². The van der Waals surface area contributed by atoms with Gasteiger partial charge in [-0.25, -0.2) is 0 Å². The van der Waals surface area contributed by atoms with Crippen molar-refractivity contribution in [2.45, 2.75) is 26.4 Å². The van der Waals surface area contributed by atoms with Gasteiger partial charge in [0.05, 0.1) is 26.4 Å². The van der Waals surface area contributed by atoms with Crippen LogP contribution in [0.25, 0.3) is 0 Å². The Morgan fingerprint density at radius 1 is 1.21 bits per heavy atom. The van der Waals surface area contributed by atoms with E-state index in [1.54, 1.807) is 0 Å². The van der Waals surface area contributed by atoms with Gasteiger partial charge in [0.15, 0.2) is 5.96 Å². The molecule has 1 saturated carbocycles. The SMILES string of the molecule is CCNC(=NCCOCc1ccccc1)N(C)CCOCC1CC1. The Kier molecular flexibility index (Phi) is 8.63. The van der Waals surface area contributed by atoms with Gasteiger partial charge < -0.3 is 19.7 Å². The average molecular weight is 333 g/mol. The molecular formula is C19H31N3O2. The van der Waals surface area contributed by atoms with E-state index in [1.165, 1.54) is 18.4 Å². The van der Waals surface area contributed by atoms with E-state index < -0.39 is 0 Å². The lowest BCUT2D eigenvalue weighted by atomic mass is 10.2. The Balaban J connectivity index is 1.62. The number of guanidine groups is 1. The van der Waals surface area contributed by atoms with Crippen LogP contribution < -0.4 is 5.32 Å². The quantitative estimate of drug-likeness (QED) is 0.384. The van der Waals surface area contributed by atoms with E-state index in [9.17, 15) is 0 Å². The zero-order valence-electron chi connectivity index (χ0n) is 15.0. The molecule has 0 atom stereocenters. The molecule has 24 heavy (non-hydrogen) atoms. The van der Waals surface area contributed by atoms with E-state index in [0.29, 0.717) is 19.8 Å². The molecule has 1 N–H and O–H groups in total. The van der Waals surface area contributed by atoms with Crippen LogP contribution >= 0.6 is 0 Å². The number of benzene rings is 1. The van der Waals surface area contributed by atoms with Crippen molar-refractivity contribution >= 4 is 5.96 Å². The normalized spacial score (nSPS) is 14.7. The molecule has 2 rings (SSSR count). The molecule has 1 aliphatic rings. The maximum absolute atomic E-state index is 5.70. The minimum Gasteiger partial charge on any atom is -0.379 e. The molecular weight excluding hydrogens is 302 g/mol. The fourth-order valence-electron chi connectivity index (χ4n) is 2.29. The Morgan fingerprint density at radius 2 is 2.00 bits per heavy atom. The van der Waals surface area contributed by atoms with Crippen molar-refractivity contribution in [3.8, 4) is 0 Å². The maximum atomic E-state index is 5.70. The number of nitrogens with one attached hydrogen (secondary N) is 1. The van der Waals surface area contributed by atoms with Gasteiger partial charge in [-0.1, -0.05) is 30.3 Å². The molecule has 0 aromatic heterocycles. The third-order valence-corrected chi connectivity index (χ3v) is 3.93. The van der Waals surface area contributed by atoms with Crippen molar-refractivity contribution in [3.63, 3.8) is 0 Å². The smallest absolute Gasteiger partial charge is 0.193 e. The van der Waals surface area contributed by atoms with Crippen molar-refractivity contribution in [2.75, 3.05) is 46.5 Å². The second-order valence-electron chi connectivity index (χ2n) is 6.21. The second-order valence-corrected chi connectivity index (χ2v) is 6.21. The molecule has 5 heteroatoms. The third kappa shape index (κ3) is 7.79. The summed E-state index contributed by atoms with van der Waals surface area (Å²) >= 11 is 0. The highest BCUT2D eigenvalue weighted by atomic mass is 16.5. The van der Waals surface area contributed by atoms with Crippen molar-refractivity contribution in [2.24, 2.45) is 10.9 Å². The lowest BCUT2D eigenvalue weighted by molar-refractivity contribution is 0.114. The summed E-state index contributed by atoms with van der Waals surface area (Å²) in [6.45, 7) is 7.37. The monoisotopic (exact) mass is 333 g/mol. The predicted molar refractivity (Wildman–Crippen MR) is 98.2 cm³/mol. The lowest BCUT2D eigenvalue weighted by Crippen LogP contribution is -2.40. The van der Waals surface area contributed by atoms with Gasteiger partial charge in [0, 0.05) is 26.7 Å². The maximum Gasteiger partial charge on any atom is 0.193 e. The number of hydrogen-bond acceptors (Lipinski definition) is 3. The van der Waals surface area contributed by atoms with Crippen LogP contribution in [0.3, 0.4) is 0 Å². The fraction of sp³-hybridized carbons (Fsp3) is 0.632.